The maximum absolute atomic E-state index is 12.5. The molecule has 1 heterocycles. The summed E-state index contributed by atoms with van der Waals surface area (Å²) in [7, 11) is 0. The quantitative estimate of drug-likeness (QED) is 0.881. The van der Waals surface area contributed by atoms with Crippen LogP contribution in [0.15, 0.2) is 6.07 Å². The van der Waals surface area contributed by atoms with Gasteiger partial charge in [0, 0.05) is 5.54 Å². The second kappa shape index (κ2) is 4.23. The standard InChI is InChI=1S/C13H14F3N3O3/c1-7-2-8(19(18-7)6-13(14,15)16)9(20)17-12-3-11(4-12,5-12)10(21)22/h2H,3-6H2,1H3,(H,17,20)(H,21,22). The lowest BCUT2D eigenvalue weighted by molar-refractivity contribution is -0.196. The van der Waals surface area contributed by atoms with Crippen molar-refractivity contribution in [2.75, 3.05) is 0 Å². The number of aryl methyl sites for hydroxylation is 1. The first-order valence-corrected chi connectivity index (χ1v) is 6.71. The highest BCUT2D eigenvalue weighted by molar-refractivity contribution is 5.94. The molecular formula is C13H14F3N3O3. The summed E-state index contributed by atoms with van der Waals surface area (Å²) in [6, 6.07) is 1.29. The van der Waals surface area contributed by atoms with E-state index in [0.717, 1.165) is 0 Å². The first-order valence-electron chi connectivity index (χ1n) is 6.71. The van der Waals surface area contributed by atoms with Crippen LogP contribution >= 0.6 is 0 Å². The Kier molecular flexibility index (Phi) is 2.86. The number of hydrogen-bond acceptors (Lipinski definition) is 3. The Morgan fingerprint density at radius 1 is 1.41 bits per heavy atom. The molecule has 3 fully saturated rings. The maximum atomic E-state index is 12.5. The molecule has 120 valence electrons. The first kappa shape index (κ1) is 14.9. The van der Waals surface area contributed by atoms with Gasteiger partial charge in [0.1, 0.15) is 12.2 Å². The number of halogens is 3. The number of nitrogens with one attached hydrogen (secondary N) is 1. The number of carboxylic acid groups (broad SMARTS) is 1. The van der Waals surface area contributed by atoms with Gasteiger partial charge in [0.2, 0.25) is 0 Å². The Morgan fingerprint density at radius 2 is 2.00 bits per heavy atom. The van der Waals surface area contributed by atoms with Crippen molar-refractivity contribution in [3.8, 4) is 0 Å². The van der Waals surface area contributed by atoms with Crippen molar-refractivity contribution < 1.29 is 27.9 Å². The van der Waals surface area contributed by atoms with Gasteiger partial charge in [-0.05, 0) is 32.3 Å². The van der Waals surface area contributed by atoms with Crippen LogP contribution in [-0.4, -0.2) is 38.5 Å². The Hall–Kier alpha value is -2.06. The van der Waals surface area contributed by atoms with Gasteiger partial charge in [-0.3, -0.25) is 14.3 Å². The number of aromatic nitrogens is 2. The van der Waals surface area contributed by atoms with Crippen LogP contribution in [0.3, 0.4) is 0 Å². The number of nitrogens with zero attached hydrogens (tertiary/aromatic N) is 2. The zero-order valence-electron chi connectivity index (χ0n) is 11.7. The Balaban J connectivity index is 1.71. The first-order chi connectivity index (χ1) is 10.0. The summed E-state index contributed by atoms with van der Waals surface area (Å²) in [5.41, 5.74) is -1.19. The third-order valence-electron chi connectivity index (χ3n) is 4.33. The molecule has 3 aliphatic carbocycles. The average Bonchev–Trinajstić information content (AvgIpc) is 2.59. The van der Waals surface area contributed by atoms with Crippen molar-refractivity contribution in [1.82, 2.24) is 15.1 Å². The summed E-state index contributed by atoms with van der Waals surface area (Å²) < 4.78 is 38.1. The second-order valence-electron chi connectivity index (χ2n) is 6.29. The molecular weight excluding hydrogens is 303 g/mol. The van der Waals surface area contributed by atoms with Crippen molar-refractivity contribution in [1.29, 1.82) is 0 Å². The number of amides is 1. The molecule has 6 nitrogen and oxygen atoms in total. The van der Waals surface area contributed by atoms with E-state index in [2.05, 4.69) is 10.4 Å². The van der Waals surface area contributed by atoms with Gasteiger partial charge in [0.15, 0.2) is 0 Å². The van der Waals surface area contributed by atoms with E-state index in [0.29, 0.717) is 29.6 Å². The van der Waals surface area contributed by atoms with Crippen LogP contribution in [0.25, 0.3) is 0 Å². The van der Waals surface area contributed by atoms with Crippen molar-refractivity contribution in [3.05, 3.63) is 17.5 Å². The number of hydrogen-bond donors (Lipinski definition) is 2. The molecule has 0 aromatic carbocycles. The zero-order chi connectivity index (χ0) is 16.3. The van der Waals surface area contributed by atoms with Crippen molar-refractivity contribution in [2.24, 2.45) is 5.41 Å². The number of carboxylic acids is 1. The maximum Gasteiger partial charge on any atom is 0.408 e. The molecule has 1 aromatic heterocycles. The molecule has 9 heteroatoms. The molecule has 2 N–H and O–H groups in total. The summed E-state index contributed by atoms with van der Waals surface area (Å²) in [6.45, 7) is 0.166. The fraction of sp³-hybridized carbons (Fsp3) is 0.615. The third-order valence-corrected chi connectivity index (χ3v) is 4.33. The molecule has 0 saturated heterocycles. The summed E-state index contributed by atoms with van der Waals surface area (Å²) in [4.78, 5) is 23.2. The molecule has 0 spiro atoms. The summed E-state index contributed by atoms with van der Waals surface area (Å²) in [6.07, 6.45) is -3.49. The van der Waals surface area contributed by atoms with Crippen LogP contribution in [0.2, 0.25) is 0 Å². The highest BCUT2D eigenvalue weighted by Gasteiger charge is 2.72. The fourth-order valence-corrected chi connectivity index (χ4v) is 3.47. The van der Waals surface area contributed by atoms with E-state index in [1.54, 1.807) is 0 Å². The molecule has 4 rings (SSSR count). The van der Waals surface area contributed by atoms with Gasteiger partial charge in [0.25, 0.3) is 5.91 Å². The highest BCUT2D eigenvalue weighted by Crippen LogP contribution is 2.67. The predicted molar refractivity (Wildman–Crippen MR) is 67.1 cm³/mol. The van der Waals surface area contributed by atoms with Crippen LogP contribution in [0.5, 0.6) is 0 Å². The average molecular weight is 317 g/mol. The minimum absolute atomic E-state index is 0.163. The minimum Gasteiger partial charge on any atom is -0.481 e. The van der Waals surface area contributed by atoms with E-state index in [-0.39, 0.29) is 5.69 Å². The molecule has 1 amide bonds. The van der Waals surface area contributed by atoms with Gasteiger partial charge in [-0.1, -0.05) is 0 Å². The van der Waals surface area contributed by atoms with E-state index < -0.39 is 35.6 Å². The molecule has 22 heavy (non-hydrogen) atoms. The fourth-order valence-electron chi connectivity index (χ4n) is 3.47. The van der Waals surface area contributed by atoms with Crippen LogP contribution in [0.1, 0.15) is 35.4 Å². The lowest BCUT2D eigenvalue weighted by Gasteiger charge is -2.67. The highest BCUT2D eigenvalue weighted by atomic mass is 19.4. The smallest absolute Gasteiger partial charge is 0.408 e. The van der Waals surface area contributed by atoms with Crippen molar-refractivity contribution in [2.45, 2.75) is 44.4 Å². The lowest BCUT2D eigenvalue weighted by atomic mass is 9.39. The van der Waals surface area contributed by atoms with Gasteiger partial charge in [-0.15, -0.1) is 0 Å². The Bertz CT molecular complexity index is 645. The molecule has 0 atom stereocenters. The van der Waals surface area contributed by atoms with Gasteiger partial charge < -0.3 is 10.4 Å². The predicted octanol–water partition coefficient (Wildman–Crippen LogP) is 1.49. The van der Waals surface area contributed by atoms with Crippen molar-refractivity contribution >= 4 is 11.9 Å². The van der Waals surface area contributed by atoms with E-state index in [4.69, 9.17) is 5.11 Å². The number of rotatable bonds is 4. The molecule has 0 aliphatic heterocycles. The molecule has 3 aliphatic rings. The normalized spacial score (nSPS) is 29.5. The summed E-state index contributed by atoms with van der Waals surface area (Å²) >= 11 is 0. The van der Waals surface area contributed by atoms with E-state index >= 15 is 0 Å². The SMILES string of the molecule is Cc1cc(C(=O)NC23CC(C(=O)O)(C2)C3)n(CC(F)(F)F)n1. The Labute approximate surface area is 123 Å². The van der Waals surface area contributed by atoms with E-state index in [9.17, 15) is 22.8 Å². The van der Waals surface area contributed by atoms with Crippen LogP contribution in [-0.2, 0) is 11.3 Å². The van der Waals surface area contributed by atoms with Crippen molar-refractivity contribution in [3.63, 3.8) is 0 Å². The molecule has 3 saturated carbocycles. The summed E-state index contributed by atoms with van der Waals surface area (Å²) in [5.74, 6) is -1.54. The number of alkyl halides is 3. The molecule has 2 bridgehead atoms. The van der Waals surface area contributed by atoms with E-state index in [1.807, 2.05) is 0 Å². The van der Waals surface area contributed by atoms with Crippen LogP contribution in [0.4, 0.5) is 13.2 Å². The number of carbonyl (C=O) groups is 2. The number of carbonyl (C=O) groups excluding carboxylic acids is 1. The van der Waals surface area contributed by atoms with Gasteiger partial charge in [-0.25, -0.2) is 0 Å². The van der Waals surface area contributed by atoms with Gasteiger partial charge >= 0.3 is 12.1 Å². The lowest BCUT2D eigenvalue weighted by Crippen LogP contribution is -2.77. The Morgan fingerprint density at radius 3 is 2.50 bits per heavy atom. The molecule has 0 radical (unpaired) electrons. The van der Waals surface area contributed by atoms with Crippen LogP contribution < -0.4 is 5.32 Å². The monoisotopic (exact) mass is 317 g/mol. The van der Waals surface area contributed by atoms with Gasteiger partial charge in [-0.2, -0.15) is 18.3 Å². The third kappa shape index (κ3) is 2.24. The molecule has 1 aromatic rings. The molecule has 0 unspecified atom stereocenters. The van der Waals surface area contributed by atoms with Crippen LogP contribution in [0, 0.1) is 12.3 Å². The summed E-state index contributed by atoms with van der Waals surface area (Å²) in [5, 5.41) is 15.4. The largest absolute Gasteiger partial charge is 0.481 e. The number of aliphatic carboxylic acids is 1. The van der Waals surface area contributed by atoms with E-state index in [1.165, 1.54) is 13.0 Å². The zero-order valence-corrected chi connectivity index (χ0v) is 11.7. The van der Waals surface area contributed by atoms with Gasteiger partial charge in [0.05, 0.1) is 11.1 Å². The topological polar surface area (TPSA) is 84.2 Å². The second-order valence-corrected chi connectivity index (χ2v) is 6.29. The minimum atomic E-state index is -4.48.